The number of aromatic nitrogens is 2. The predicted molar refractivity (Wildman–Crippen MR) is 69.7 cm³/mol. The number of nitrogens with zero attached hydrogens (tertiary/aromatic N) is 1. The molecule has 0 radical (unpaired) electrons. The minimum Gasteiger partial charge on any atom is -0.295 e. The van der Waals surface area contributed by atoms with Gasteiger partial charge in [-0.1, -0.05) is 13.3 Å². The summed E-state index contributed by atoms with van der Waals surface area (Å²) < 4.78 is 14.3. The highest BCUT2D eigenvalue weighted by Crippen LogP contribution is 2.10. The molecule has 1 N–H and O–H groups in total. The molecular formula is C14H17FN2O. The van der Waals surface area contributed by atoms with Gasteiger partial charge in [0.05, 0.1) is 5.69 Å². The van der Waals surface area contributed by atoms with Crippen molar-refractivity contribution in [3.05, 3.63) is 51.7 Å². The summed E-state index contributed by atoms with van der Waals surface area (Å²) in [7, 11) is 0. The number of benzene rings is 1. The second-order valence-corrected chi connectivity index (χ2v) is 4.44. The summed E-state index contributed by atoms with van der Waals surface area (Å²) in [5.41, 5.74) is 2.33. The zero-order chi connectivity index (χ0) is 13.1. The third-order valence-corrected chi connectivity index (χ3v) is 3.06. The van der Waals surface area contributed by atoms with Crippen LogP contribution in [0.2, 0.25) is 0 Å². The van der Waals surface area contributed by atoms with E-state index in [0.29, 0.717) is 5.69 Å². The molecule has 0 spiro atoms. The number of aryl methyl sites for hydroxylation is 1. The topological polar surface area (TPSA) is 37.8 Å². The maximum Gasteiger partial charge on any atom is 0.274 e. The Morgan fingerprint density at radius 3 is 2.56 bits per heavy atom. The lowest BCUT2D eigenvalue weighted by atomic mass is 10.1. The Kier molecular flexibility index (Phi) is 3.65. The van der Waals surface area contributed by atoms with Gasteiger partial charge in [0.15, 0.2) is 0 Å². The molecule has 2 rings (SSSR count). The molecule has 96 valence electrons. The molecule has 0 amide bonds. The van der Waals surface area contributed by atoms with Gasteiger partial charge in [-0.25, -0.2) is 9.07 Å². The van der Waals surface area contributed by atoms with Gasteiger partial charge in [-0.15, -0.1) is 0 Å². The average Bonchev–Trinajstić information content (AvgIpc) is 2.64. The van der Waals surface area contributed by atoms with E-state index >= 15 is 0 Å². The molecule has 0 aliphatic rings. The van der Waals surface area contributed by atoms with Gasteiger partial charge in [-0.2, -0.15) is 0 Å². The van der Waals surface area contributed by atoms with E-state index in [1.165, 1.54) is 16.8 Å². The standard InChI is InChI=1S/C14H17FN2O/c1-3-4-5-13-10(2)16-17(14(13)18)12-8-6-11(15)7-9-12/h6-9,16H,3-5H2,1-2H3. The number of hydrogen-bond donors (Lipinski definition) is 1. The van der Waals surface area contributed by atoms with Crippen LogP contribution in [0.4, 0.5) is 4.39 Å². The predicted octanol–water partition coefficient (Wildman–Crippen LogP) is 2.96. The van der Waals surface area contributed by atoms with Crippen LogP contribution in [-0.4, -0.2) is 9.78 Å². The Balaban J connectivity index is 2.40. The molecule has 1 aromatic heterocycles. The highest BCUT2D eigenvalue weighted by Gasteiger charge is 2.11. The second kappa shape index (κ2) is 5.21. The Morgan fingerprint density at radius 1 is 1.28 bits per heavy atom. The zero-order valence-corrected chi connectivity index (χ0v) is 10.7. The van der Waals surface area contributed by atoms with E-state index < -0.39 is 0 Å². The fourth-order valence-corrected chi connectivity index (χ4v) is 2.00. The van der Waals surface area contributed by atoms with E-state index in [4.69, 9.17) is 0 Å². The summed E-state index contributed by atoms with van der Waals surface area (Å²) in [6.45, 7) is 3.99. The molecule has 0 aliphatic carbocycles. The molecule has 1 aromatic carbocycles. The van der Waals surface area contributed by atoms with Gasteiger partial charge in [0.1, 0.15) is 5.82 Å². The molecule has 0 fully saturated rings. The summed E-state index contributed by atoms with van der Waals surface area (Å²) in [6.07, 6.45) is 2.84. The van der Waals surface area contributed by atoms with Crippen LogP contribution in [-0.2, 0) is 6.42 Å². The van der Waals surface area contributed by atoms with E-state index in [2.05, 4.69) is 12.0 Å². The Bertz CT molecular complexity index is 581. The highest BCUT2D eigenvalue weighted by atomic mass is 19.1. The number of hydrogen-bond acceptors (Lipinski definition) is 1. The van der Waals surface area contributed by atoms with Crippen molar-refractivity contribution in [1.82, 2.24) is 9.78 Å². The van der Waals surface area contributed by atoms with Gasteiger partial charge < -0.3 is 0 Å². The lowest BCUT2D eigenvalue weighted by molar-refractivity contribution is 0.627. The average molecular weight is 248 g/mol. The van der Waals surface area contributed by atoms with Crippen molar-refractivity contribution in [2.45, 2.75) is 33.1 Å². The van der Waals surface area contributed by atoms with Crippen molar-refractivity contribution < 1.29 is 4.39 Å². The van der Waals surface area contributed by atoms with Crippen LogP contribution in [0.15, 0.2) is 29.1 Å². The number of rotatable bonds is 4. The molecule has 0 saturated heterocycles. The van der Waals surface area contributed by atoms with E-state index in [0.717, 1.165) is 30.5 Å². The molecule has 2 aromatic rings. The van der Waals surface area contributed by atoms with Crippen LogP contribution in [0.3, 0.4) is 0 Å². The minimum absolute atomic E-state index is 0.0347. The third-order valence-electron chi connectivity index (χ3n) is 3.06. The SMILES string of the molecule is CCCCc1c(C)[nH]n(-c2ccc(F)cc2)c1=O. The molecule has 0 saturated carbocycles. The highest BCUT2D eigenvalue weighted by molar-refractivity contribution is 5.33. The first kappa shape index (κ1) is 12.6. The molecule has 3 nitrogen and oxygen atoms in total. The molecule has 1 heterocycles. The molecule has 4 heteroatoms. The van der Waals surface area contributed by atoms with Crippen molar-refractivity contribution in [3.63, 3.8) is 0 Å². The lowest BCUT2D eigenvalue weighted by Gasteiger charge is -2.00. The van der Waals surface area contributed by atoms with Gasteiger partial charge in [-0.3, -0.25) is 9.89 Å². The van der Waals surface area contributed by atoms with Crippen LogP contribution in [0.1, 0.15) is 31.0 Å². The van der Waals surface area contributed by atoms with Gasteiger partial charge in [0, 0.05) is 11.3 Å². The van der Waals surface area contributed by atoms with E-state index in [1.807, 2.05) is 6.92 Å². The van der Waals surface area contributed by atoms with Crippen molar-refractivity contribution in [2.75, 3.05) is 0 Å². The first-order valence-corrected chi connectivity index (χ1v) is 6.20. The van der Waals surface area contributed by atoms with Crippen LogP contribution < -0.4 is 5.56 Å². The summed E-state index contributed by atoms with van der Waals surface area (Å²) in [4.78, 5) is 12.2. The fraction of sp³-hybridized carbons (Fsp3) is 0.357. The summed E-state index contributed by atoms with van der Waals surface area (Å²) in [5.74, 6) is -0.304. The van der Waals surface area contributed by atoms with Crippen LogP contribution >= 0.6 is 0 Å². The van der Waals surface area contributed by atoms with Crippen molar-refractivity contribution >= 4 is 0 Å². The molecule has 18 heavy (non-hydrogen) atoms. The Hall–Kier alpha value is -1.84. The number of unbranched alkanes of at least 4 members (excludes halogenated alkanes) is 1. The minimum atomic E-state index is -0.304. The molecule has 0 aliphatic heterocycles. The first-order chi connectivity index (χ1) is 8.63. The molecule has 0 unspecified atom stereocenters. The van der Waals surface area contributed by atoms with Crippen molar-refractivity contribution in [2.24, 2.45) is 0 Å². The fourth-order valence-electron chi connectivity index (χ4n) is 2.00. The van der Waals surface area contributed by atoms with E-state index in [-0.39, 0.29) is 11.4 Å². The van der Waals surface area contributed by atoms with Gasteiger partial charge in [0.2, 0.25) is 0 Å². The largest absolute Gasteiger partial charge is 0.295 e. The molecule has 0 bridgehead atoms. The normalized spacial score (nSPS) is 10.8. The summed E-state index contributed by atoms with van der Waals surface area (Å²) in [6, 6.07) is 5.89. The van der Waals surface area contributed by atoms with Crippen LogP contribution in [0.5, 0.6) is 0 Å². The molecule has 0 atom stereocenters. The number of H-pyrrole nitrogens is 1. The Morgan fingerprint density at radius 2 is 1.94 bits per heavy atom. The quantitative estimate of drug-likeness (QED) is 0.887. The Labute approximate surface area is 105 Å². The maximum atomic E-state index is 12.9. The maximum absolute atomic E-state index is 12.9. The summed E-state index contributed by atoms with van der Waals surface area (Å²) in [5, 5.41) is 3.04. The first-order valence-electron chi connectivity index (χ1n) is 6.20. The lowest BCUT2D eigenvalue weighted by Crippen LogP contribution is -2.17. The smallest absolute Gasteiger partial charge is 0.274 e. The number of aromatic amines is 1. The van der Waals surface area contributed by atoms with E-state index in [9.17, 15) is 9.18 Å². The van der Waals surface area contributed by atoms with Gasteiger partial charge in [0.25, 0.3) is 5.56 Å². The number of nitrogens with one attached hydrogen (secondary N) is 1. The second-order valence-electron chi connectivity index (χ2n) is 4.44. The molecular weight excluding hydrogens is 231 g/mol. The zero-order valence-electron chi connectivity index (χ0n) is 10.7. The van der Waals surface area contributed by atoms with E-state index in [1.54, 1.807) is 12.1 Å². The monoisotopic (exact) mass is 248 g/mol. The van der Waals surface area contributed by atoms with Gasteiger partial charge in [-0.05, 0) is 44.0 Å². The van der Waals surface area contributed by atoms with Crippen LogP contribution in [0, 0.1) is 12.7 Å². The summed E-state index contributed by atoms with van der Waals surface area (Å²) >= 11 is 0. The number of halogens is 1. The van der Waals surface area contributed by atoms with Gasteiger partial charge >= 0.3 is 0 Å². The van der Waals surface area contributed by atoms with Crippen molar-refractivity contribution in [3.8, 4) is 5.69 Å². The van der Waals surface area contributed by atoms with Crippen LogP contribution in [0.25, 0.3) is 5.69 Å². The van der Waals surface area contributed by atoms with Crippen molar-refractivity contribution in [1.29, 1.82) is 0 Å². The third kappa shape index (κ3) is 2.37.